The number of carbonyl (C=O) groups is 1. The van der Waals surface area contributed by atoms with Gasteiger partial charge in [0, 0.05) is 17.2 Å². The van der Waals surface area contributed by atoms with Crippen LogP contribution in [0.15, 0.2) is 30.0 Å². The molecule has 2 N–H and O–H groups in total. The highest BCUT2D eigenvalue weighted by Crippen LogP contribution is 2.36. The number of carbonyl (C=O) groups excluding carboxylic acids is 1. The summed E-state index contributed by atoms with van der Waals surface area (Å²) in [5.74, 6) is -0.358. The van der Waals surface area contributed by atoms with Gasteiger partial charge >= 0.3 is 6.18 Å². The number of allylic oxidation sites excluding steroid dienone is 2. The molecule has 0 aromatic heterocycles. The molecule has 0 fully saturated rings. The van der Waals surface area contributed by atoms with Gasteiger partial charge in [-0.25, -0.2) is 0 Å². The van der Waals surface area contributed by atoms with Gasteiger partial charge in [-0.3, -0.25) is 4.79 Å². The van der Waals surface area contributed by atoms with Crippen molar-refractivity contribution in [2.75, 3.05) is 0 Å². The molecule has 2 rings (SSSR count). The van der Waals surface area contributed by atoms with Crippen molar-refractivity contribution in [3.05, 3.63) is 41.1 Å². The van der Waals surface area contributed by atoms with E-state index < -0.39 is 11.7 Å². The lowest BCUT2D eigenvalue weighted by atomic mass is 9.96. The molecule has 0 saturated heterocycles. The normalized spacial score (nSPS) is 20.2. The number of Topliss-reactive ketones (excluding diaryl/α,β-unsaturated/α-hetero) is 1. The fraction of sp³-hybridized carbons (Fsp3) is 0.357. The summed E-state index contributed by atoms with van der Waals surface area (Å²) >= 11 is 0. The number of alkyl halides is 3. The van der Waals surface area contributed by atoms with Crippen molar-refractivity contribution in [2.24, 2.45) is 11.7 Å². The SMILES string of the molecule is CCC1CC(N)=C(c2cccc(C(F)(F)F)c2)C1=O. The van der Waals surface area contributed by atoms with E-state index in [-0.39, 0.29) is 22.8 Å². The number of benzene rings is 1. The molecular weight excluding hydrogens is 255 g/mol. The molecular formula is C14H14F3NO. The van der Waals surface area contributed by atoms with Crippen molar-refractivity contribution >= 4 is 11.4 Å². The Kier molecular flexibility index (Phi) is 3.39. The molecule has 0 radical (unpaired) electrons. The van der Waals surface area contributed by atoms with Gasteiger partial charge < -0.3 is 5.73 Å². The zero-order chi connectivity index (χ0) is 14.2. The van der Waals surface area contributed by atoms with Gasteiger partial charge in [-0.2, -0.15) is 13.2 Å². The van der Waals surface area contributed by atoms with Crippen LogP contribution in [0.25, 0.3) is 5.57 Å². The summed E-state index contributed by atoms with van der Waals surface area (Å²) < 4.78 is 38.0. The fourth-order valence-electron chi connectivity index (χ4n) is 2.33. The summed E-state index contributed by atoms with van der Waals surface area (Å²) in [4.78, 5) is 12.1. The van der Waals surface area contributed by atoms with E-state index in [9.17, 15) is 18.0 Å². The molecule has 1 atom stereocenters. The van der Waals surface area contributed by atoms with E-state index >= 15 is 0 Å². The molecule has 1 aliphatic rings. The lowest BCUT2D eigenvalue weighted by Gasteiger charge is -2.10. The molecule has 0 bridgehead atoms. The molecule has 19 heavy (non-hydrogen) atoms. The Labute approximate surface area is 109 Å². The second kappa shape index (κ2) is 4.72. The van der Waals surface area contributed by atoms with Gasteiger partial charge in [0.25, 0.3) is 0 Å². The monoisotopic (exact) mass is 269 g/mol. The lowest BCUT2D eigenvalue weighted by Crippen LogP contribution is -2.10. The van der Waals surface area contributed by atoms with Crippen LogP contribution in [-0.4, -0.2) is 5.78 Å². The highest BCUT2D eigenvalue weighted by molar-refractivity contribution is 6.24. The van der Waals surface area contributed by atoms with Crippen LogP contribution in [0.3, 0.4) is 0 Å². The third-order valence-corrected chi connectivity index (χ3v) is 3.38. The zero-order valence-electron chi connectivity index (χ0n) is 10.4. The molecule has 1 aliphatic carbocycles. The minimum Gasteiger partial charge on any atom is -0.401 e. The van der Waals surface area contributed by atoms with Gasteiger partial charge in [-0.1, -0.05) is 19.1 Å². The summed E-state index contributed by atoms with van der Waals surface area (Å²) in [6.45, 7) is 1.87. The van der Waals surface area contributed by atoms with Crippen LogP contribution < -0.4 is 5.73 Å². The Balaban J connectivity index is 2.43. The molecule has 102 valence electrons. The lowest BCUT2D eigenvalue weighted by molar-refractivity contribution is -0.137. The van der Waals surface area contributed by atoms with Crippen molar-refractivity contribution in [1.29, 1.82) is 0 Å². The number of halogens is 3. The Morgan fingerprint density at radius 1 is 1.37 bits per heavy atom. The summed E-state index contributed by atoms with van der Waals surface area (Å²) in [5.41, 5.74) is 5.93. The standard InChI is InChI=1S/C14H14F3NO/c1-2-8-7-11(18)12(13(8)19)9-4-3-5-10(6-9)14(15,16)17/h3-6,8H,2,7,18H2,1H3. The Hall–Kier alpha value is -1.78. The highest BCUT2D eigenvalue weighted by Gasteiger charge is 2.34. The second-order valence-electron chi connectivity index (χ2n) is 4.65. The van der Waals surface area contributed by atoms with Gasteiger partial charge in [0.2, 0.25) is 0 Å². The number of nitrogens with two attached hydrogens (primary N) is 1. The minimum absolute atomic E-state index is 0.153. The van der Waals surface area contributed by atoms with E-state index in [0.717, 1.165) is 12.1 Å². The first-order valence-corrected chi connectivity index (χ1v) is 6.05. The molecule has 0 amide bonds. The van der Waals surface area contributed by atoms with Gasteiger partial charge in [-0.05, 0) is 30.5 Å². The van der Waals surface area contributed by atoms with Crippen LogP contribution in [0.4, 0.5) is 13.2 Å². The van der Waals surface area contributed by atoms with Gasteiger partial charge in [0.05, 0.1) is 5.56 Å². The van der Waals surface area contributed by atoms with Crippen molar-refractivity contribution in [1.82, 2.24) is 0 Å². The molecule has 0 saturated carbocycles. The Morgan fingerprint density at radius 2 is 2.05 bits per heavy atom. The van der Waals surface area contributed by atoms with E-state index in [1.165, 1.54) is 12.1 Å². The maximum Gasteiger partial charge on any atom is 0.416 e. The van der Waals surface area contributed by atoms with E-state index in [0.29, 0.717) is 18.5 Å². The van der Waals surface area contributed by atoms with E-state index in [1.807, 2.05) is 6.92 Å². The second-order valence-corrected chi connectivity index (χ2v) is 4.65. The van der Waals surface area contributed by atoms with Crippen molar-refractivity contribution in [3.63, 3.8) is 0 Å². The van der Waals surface area contributed by atoms with E-state index in [2.05, 4.69) is 0 Å². The average Bonchev–Trinajstić information content (AvgIpc) is 2.63. The molecule has 5 heteroatoms. The third-order valence-electron chi connectivity index (χ3n) is 3.38. The first-order valence-electron chi connectivity index (χ1n) is 6.05. The number of hydrogen-bond donors (Lipinski definition) is 1. The van der Waals surface area contributed by atoms with Crippen LogP contribution >= 0.6 is 0 Å². The Morgan fingerprint density at radius 3 is 2.58 bits per heavy atom. The molecule has 2 nitrogen and oxygen atoms in total. The number of hydrogen-bond acceptors (Lipinski definition) is 2. The first kappa shape index (κ1) is 13.6. The van der Waals surface area contributed by atoms with Crippen molar-refractivity contribution < 1.29 is 18.0 Å². The van der Waals surface area contributed by atoms with E-state index in [4.69, 9.17) is 5.73 Å². The Bertz CT molecular complexity index is 546. The predicted molar refractivity (Wildman–Crippen MR) is 66.0 cm³/mol. The summed E-state index contributed by atoms with van der Waals surface area (Å²) in [5, 5.41) is 0. The summed E-state index contributed by atoms with van der Waals surface area (Å²) in [7, 11) is 0. The van der Waals surface area contributed by atoms with Crippen LogP contribution in [-0.2, 0) is 11.0 Å². The highest BCUT2D eigenvalue weighted by atomic mass is 19.4. The topological polar surface area (TPSA) is 43.1 Å². The zero-order valence-corrected chi connectivity index (χ0v) is 10.4. The number of ketones is 1. The predicted octanol–water partition coefficient (Wildman–Crippen LogP) is 3.37. The maximum atomic E-state index is 12.7. The third kappa shape index (κ3) is 2.50. The summed E-state index contributed by atoms with van der Waals surface area (Å²) in [6.07, 6.45) is -3.35. The quantitative estimate of drug-likeness (QED) is 0.894. The van der Waals surface area contributed by atoms with Crippen LogP contribution in [0.2, 0.25) is 0 Å². The first-order chi connectivity index (χ1) is 8.84. The van der Waals surface area contributed by atoms with Gasteiger partial charge in [0.1, 0.15) is 0 Å². The van der Waals surface area contributed by atoms with Gasteiger partial charge in [-0.15, -0.1) is 0 Å². The van der Waals surface area contributed by atoms with Crippen molar-refractivity contribution in [3.8, 4) is 0 Å². The molecule has 1 unspecified atom stereocenters. The average molecular weight is 269 g/mol. The summed E-state index contributed by atoms with van der Waals surface area (Å²) in [6, 6.07) is 4.76. The van der Waals surface area contributed by atoms with Crippen LogP contribution in [0, 0.1) is 5.92 Å². The minimum atomic E-state index is -4.42. The van der Waals surface area contributed by atoms with Crippen LogP contribution in [0.5, 0.6) is 0 Å². The number of rotatable bonds is 2. The smallest absolute Gasteiger partial charge is 0.401 e. The van der Waals surface area contributed by atoms with E-state index in [1.54, 1.807) is 0 Å². The molecule has 1 aromatic rings. The molecule has 1 aromatic carbocycles. The van der Waals surface area contributed by atoms with Gasteiger partial charge in [0.15, 0.2) is 5.78 Å². The van der Waals surface area contributed by atoms with Crippen LogP contribution in [0.1, 0.15) is 30.9 Å². The molecule has 0 spiro atoms. The maximum absolute atomic E-state index is 12.7. The largest absolute Gasteiger partial charge is 0.416 e. The van der Waals surface area contributed by atoms with Crippen molar-refractivity contribution in [2.45, 2.75) is 25.9 Å². The molecule has 0 heterocycles. The fourth-order valence-corrected chi connectivity index (χ4v) is 2.33. The molecule has 0 aliphatic heterocycles.